The van der Waals surface area contributed by atoms with E-state index in [1.165, 1.54) is 0 Å². The number of benzene rings is 2. The van der Waals surface area contributed by atoms with Gasteiger partial charge >= 0.3 is 0 Å². The van der Waals surface area contributed by atoms with Gasteiger partial charge in [-0.3, -0.25) is 0 Å². The third-order valence-corrected chi connectivity index (χ3v) is 5.35. The van der Waals surface area contributed by atoms with E-state index >= 15 is 0 Å². The number of hydrogen-bond donors (Lipinski definition) is 1. The van der Waals surface area contributed by atoms with E-state index in [2.05, 4.69) is 4.98 Å². The Kier molecular flexibility index (Phi) is 5.85. The molecule has 24 heavy (non-hydrogen) atoms. The van der Waals surface area contributed by atoms with Crippen LogP contribution in [0.1, 0.15) is 18.1 Å². The topological polar surface area (TPSA) is 38.0 Å². The Morgan fingerprint density at radius 3 is 2.58 bits per heavy atom. The Morgan fingerprint density at radius 2 is 1.92 bits per heavy atom. The van der Waals surface area contributed by atoms with Crippen molar-refractivity contribution in [1.82, 2.24) is 9.55 Å². The molecule has 1 unspecified atom stereocenters. The van der Waals surface area contributed by atoms with Crippen molar-refractivity contribution in [2.45, 2.75) is 28.9 Å². The van der Waals surface area contributed by atoms with Crippen LogP contribution in [0.25, 0.3) is 0 Å². The molecule has 1 atom stereocenters. The summed E-state index contributed by atoms with van der Waals surface area (Å²) in [6, 6.07) is 13.3. The van der Waals surface area contributed by atoms with E-state index in [-0.39, 0.29) is 0 Å². The number of rotatable bonds is 6. The first-order chi connectivity index (χ1) is 11.6. The summed E-state index contributed by atoms with van der Waals surface area (Å²) in [5.41, 5.74) is 0.904. The normalized spacial score (nSPS) is 12.3. The molecule has 0 radical (unpaired) electrons. The van der Waals surface area contributed by atoms with Crippen LogP contribution in [0.15, 0.2) is 71.0 Å². The number of aliphatic hydroxyl groups excluding tert-OH is 1. The molecule has 1 aromatic heterocycles. The quantitative estimate of drug-likeness (QED) is 0.618. The van der Waals surface area contributed by atoms with Gasteiger partial charge in [0.2, 0.25) is 0 Å². The minimum atomic E-state index is -0.495. The van der Waals surface area contributed by atoms with E-state index in [0.717, 1.165) is 21.9 Å². The summed E-state index contributed by atoms with van der Waals surface area (Å²) in [6.45, 7) is 0.734. The number of halogens is 2. The highest BCUT2D eigenvalue weighted by Crippen LogP contribution is 2.35. The third-order valence-electron chi connectivity index (χ3n) is 3.61. The van der Waals surface area contributed by atoms with Crippen molar-refractivity contribution in [2.75, 3.05) is 0 Å². The lowest BCUT2D eigenvalue weighted by atomic mass is 10.1. The molecule has 0 aliphatic carbocycles. The largest absolute Gasteiger partial charge is 0.388 e. The van der Waals surface area contributed by atoms with Crippen molar-refractivity contribution in [2.24, 2.45) is 0 Å². The van der Waals surface area contributed by atoms with E-state index in [9.17, 15) is 5.11 Å². The fraction of sp³-hybridized carbons (Fsp3) is 0.167. The first-order valence-corrected chi connectivity index (χ1v) is 9.06. The molecule has 0 saturated heterocycles. The lowest BCUT2D eigenvalue weighted by Crippen LogP contribution is -2.03. The zero-order chi connectivity index (χ0) is 16.9. The van der Waals surface area contributed by atoms with Crippen LogP contribution in [0.3, 0.4) is 0 Å². The van der Waals surface area contributed by atoms with Gasteiger partial charge in [0, 0.05) is 33.8 Å². The van der Waals surface area contributed by atoms with E-state index < -0.39 is 6.10 Å². The molecular formula is C18H16Cl2N2OS. The van der Waals surface area contributed by atoms with Crippen molar-refractivity contribution < 1.29 is 5.11 Å². The Morgan fingerprint density at radius 1 is 1.12 bits per heavy atom. The van der Waals surface area contributed by atoms with Gasteiger partial charge in [-0.05, 0) is 42.3 Å². The molecule has 1 heterocycles. The summed E-state index contributed by atoms with van der Waals surface area (Å²) in [6.07, 6.45) is 5.53. The van der Waals surface area contributed by atoms with Gasteiger partial charge in [0.1, 0.15) is 0 Å². The molecule has 0 amide bonds. The van der Waals surface area contributed by atoms with Crippen molar-refractivity contribution in [1.29, 1.82) is 0 Å². The summed E-state index contributed by atoms with van der Waals surface area (Å²) in [5.74, 6) is 0. The first kappa shape index (κ1) is 17.4. The minimum absolute atomic E-state index is 0.495. The zero-order valence-electron chi connectivity index (χ0n) is 12.8. The second kappa shape index (κ2) is 8.08. The monoisotopic (exact) mass is 378 g/mol. The summed E-state index contributed by atoms with van der Waals surface area (Å²) >= 11 is 13.7. The van der Waals surface area contributed by atoms with Gasteiger partial charge in [0.05, 0.1) is 17.5 Å². The number of hydrogen-bond acceptors (Lipinski definition) is 3. The Hall–Kier alpha value is -1.46. The SMILES string of the molecule is OC(CCn1ccnc1)c1ccc(Sc2ccc(Cl)cc2Cl)cc1. The number of aryl methyl sites for hydroxylation is 1. The van der Waals surface area contributed by atoms with Crippen LogP contribution in [-0.4, -0.2) is 14.7 Å². The molecule has 3 aromatic rings. The van der Waals surface area contributed by atoms with Crippen LogP contribution in [0.5, 0.6) is 0 Å². The van der Waals surface area contributed by atoms with E-state index in [0.29, 0.717) is 16.5 Å². The predicted molar refractivity (Wildman–Crippen MR) is 98.8 cm³/mol. The molecule has 1 N–H and O–H groups in total. The number of imidazole rings is 1. The highest BCUT2D eigenvalue weighted by atomic mass is 35.5. The average Bonchev–Trinajstić information content (AvgIpc) is 3.09. The number of aliphatic hydroxyl groups is 1. The molecule has 0 saturated carbocycles. The lowest BCUT2D eigenvalue weighted by molar-refractivity contribution is 0.161. The Balaban J connectivity index is 1.62. The Bertz CT molecular complexity index is 791. The summed E-state index contributed by atoms with van der Waals surface area (Å²) in [7, 11) is 0. The van der Waals surface area contributed by atoms with E-state index in [4.69, 9.17) is 23.2 Å². The number of aromatic nitrogens is 2. The molecule has 0 aliphatic heterocycles. The minimum Gasteiger partial charge on any atom is -0.388 e. The maximum atomic E-state index is 10.3. The third kappa shape index (κ3) is 4.54. The van der Waals surface area contributed by atoms with Crippen LogP contribution in [0.4, 0.5) is 0 Å². The van der Waals surface area contributed by atoms with Crippen molar-refractivity contribution in [3.63, 3.8) is 0 Å². The van der Waals surface area contributed by atoms with Crippen molar-refractivity contribution in [3.8, 4) is 0 Å². The predicted octanol–water partition coefficient (Wildman–Crippen LogP) is 5.46. The van der Waals surface area contributed by atoms with Crippen LogP contribution in [0.2, 0.25) is 10.0 Å². The van der Waals surface area contributed by atoms with Gasteiger partial charge in [0.25, 0.3) is 0 Å². The first-order valence-electron chi connectivity index (χ1n) is 7.48. The summed E-state index contributed by atoms with van der Waals surface area (Å²) in [4.78, 5) is 6.01. The molecule has 3 rings (SSSR count). The van der Waals surface area contributed by atoms with Crippen molar-refractivity contribution in [3.05, 3.63) is 76.8 Å². The lowest BCUT2D eigenvalue weighted by Gasteiger charge is -2.12. The second-order valence-electron chi connectivity index (χ2n) is 5.35. The molecule has 0 aliphatic rings. The highest BCUT2D eigenvalue weighted by Gasteiger charge is 2.09. The molecule has 2 aromatic carbocycles. The van der Waals surface area contributed by atoms with Crippen LogP contribution < -0.4 is 0 Å². The molecule has 0 bridgehead atoms. The van der Waals surface area contributed by atoms with E-state index in [1.54, 1.807) is 30.4 Å². The standard InChI is InChI=1S/C18H16Cl2N2OS/c19-14-3-6-18(16(20)11-14)24-15-4-1-13(2-5-15)17(23)7-9-22-10-8-21-12-22/h1-6,8,10-12,17,23H,7,9H2. The van der Waals surface area contributed by atoms with Gasteiger partial charge in [-0.25, -0.2) is 4.98 Å². The molecule has 6 heteroatoms. The molecule has 0 spiro atoms. The van der Waals surface area contributed by atoms with Crippen LogP contribution in [-0.2, 0) is 6.54 Å². The summed E-state index contributed by atoms with van der Waals surface area (Å²) in [5, 5.41) is 11.6. The zero-order valence-corrected chi connectivity index (χ0v) is 15.1. The van der Waals surface area contributed by atoms with Gasteiger partial charge in [-0.2, -0.15) is 0 Å². The molecule has 0 fully saturated rings. The van der Waals surface area contributed by atoms with Gasteiger partial charge in [-0.15, -0.1) is 0 Å². The van der Waals surface area contributed by atoms with Crippen molar-refractivity contribution >= 4 is 35.0 Å². The fourth-order valence-corrected chi connectivity index (χ4v) is 3.64. The maximum absolute atomic E-state index is 10.3. The van der Waals surface area contributed by atoms with Gasteiger partial charge in [-0.1, -0.05) is 47.1 Å². The van der Waals surface area contributed by atoms with Crippen LogP contribution >= 0.6 is 35.0 Å². The van der Waals surface area contributed by atoms with Gasteiger partial charge < -0.3 is 9.67 Å². The maximum Gasteiger partial charge on any atom is 0.0945 e. The molecule has 124 valence electrons. The average molecular weight is 379 g/mol. The summed E-state index contributed by atoms with van der Waals surface area (Å²) < 4.78 is 1.95. The molecule has 3 nitrogen and oxygen atoms in total. The Labute approximate surface area is 155 Å². The van der Waals surface area contributed by atoms with Gasteiger partial charge in [0.15, 0.2) is 0 Å². The molecular weight excluding hydrogens is 363 g/mol. The van der Waals surface area contributed by atoms with E-state index in [1.807, 2.05) is 47.2 Å². The fourth-order valence-electron chi connectivity index (χ4n) is 2.30. The highest BCUT2D eigenvalue weighted by molar-refractivity contribution is 7.99. The number of nitrogens with zero attached hydrogens (tertiary/aromatic N) is 2. The van der Waals surface area contributed by atoms with Crippen LogP contribution in [0, 0.1) is 0 Å². The second-order valence-corrected chi connectivity index (χ2v) is 7.31. The smallest absolute Gasteiger partial charge is 0.0945 e.